The number of nitrogens with one attached hydrogen (secondary N) is 1. The van der Waals surface area contributed by atoms with Gasteiger partial charge in [-0.3, -0.25) is 4.79 Å². The number of aromatic amines is 1. The molecule has 1 aromatic heterocycles. The Labute approximate surface area is 180 Å². The molecule has 0 bridgehead atoms. The minimum Gasteiger partial charge on any atom is -0.494 e. The number of amides is 1. The van der Waals surface area contributed by atoms with E-state index in [0.717, 1.165) is 11.5 Å². The van der Waals surface area contributed by atoms with Crippen LogP contribution in [0, 0.1) is 11.3 Å². The molecule has 1 N–H and O–H groups in total. The van der Waals surface area contributed by atoms with Crippen molar-refractivity contribution in [2.24, 2.45) is 0 Å². The molecular weight excluding hydrogens is 424 g/mol. The number of benzene rings is 1. The van der Waals surface area contributed by atoms with Gasteiger partial charge in [0.2, 0.25) is 10.0 Å². The van der Waals surface area contributed by atoms with Crippen LogP contribution < -0.4 is 9.64 Å². The Morgan fingerprint density at radius 2 is 2.00 bits per heavy atom. The summed E-state index contributed by atoms with van der Waals surface area (Å²) in [4.78, 5) is 17.5. The van der Waals surface area contributed by atoms with Crippen LogP contribution in [0.4, 0.5) is 5.69 Å². The van der Waals surface area contributed by atoms with Gasteiger partial charge in [-0.1, -0.05) is 0 Å². The van der Waals surface area contributed by atoms with Crippen molar-refractivity contribution < 1.29 is 17.9 Å². The fraction of sp³-hybridized carbons (Fsp3) is 0.400. The van der Waals surface area contributed by atoms with E-state index in [1.807, 2.05) is 13.0 Å². The predicted octanol–water partition coefficient (Wildman–Crippen LogP) is 2.71. The number of sulfonamides is 1. The highest BCUT2D eigenvalue weighted by atomic mass is 32.2. The summed E-state index contributed by atoms with van der Waals surface area (Å²) in [5.74, 6) is 1.80. The largest absolute Gasteiger partial charge is 0.494 e. The second-order valence-corrected chi connectivity index (χ2v) is 9.72. The van der Waals surface area contributed by atoms with Crippen LogP contribution in [0.15, 0.2) is 41.4 Å². The molecule has 2 heterocycles. The average molecular weight is 449 g/mol. The van der Waals surface area contributed by atoms with Crippen molar-refractivity contribution >= 4 is 33.4 Å². The summed E-state index contributed by atoms with van der Waals surface area (Å²) in [6.45, 7) is 3.53. The van der Waals surface area contributed by atoms with E-state index >= 15 is 0 Å². The first-order valence-electron chi connectivity index (χ1n) is 9.65. The van der Waals surface area contributed by atoms with Crippen LogP contribution in [-0.2, 0) is 10.0 Å². The molecule has 0 atom stereocenters. The Bertz CT molecular complexity index is 1010. The fourth-order valence-corrected chi connectivity index (χ4v) is 5.70. The Morgan fingerprint density at radius 1 is 1.30 bits per heavy atom. The van der Waals surface area contributed by atoms with E-state index in [2.05, 4.69) is 4.98 Å². The zero-order valence-electron chi connectivity index (χ0n) is 16.7. The van der Waals surface area contributed by atoms with Crippen LogP contribution in [0.2, 0.25) is 0 Å². The molecule has 1 amide bonds. The first-order valence-corrected chi connectivity index (χ1v) is 12.2. The van der Waals surface area contributed by atoms with Gasteiger partial charge in [0.25, 0.3) is 5.91 Å². The number of nitriles is 1. The van der Waals surface area contributed by atoms with Crippen LogP contribution in [0.25, 0.3) is 0 Å². The summed E-state index contributed by atoms with van der Waals surface area (Å²) in [6.07, 6.45) is 1.50. The van der Waals surface area contributed by atoms with E-state index in [1.165, 1.54) is 21.5 Å². The third kappa shape index (κ3) is 4.98. The van der Waals surface area contributed by atoms with Gasteiger partial charge in [0.05, 0.1) is 19.1 Å². The number of hydrogen-bond donors (Lipinski definition) is 1. The van der Waals surface area contributed by atoms with Crippen LogP contribution in [-0.4, -0.2) is 61.4 Å². The Hall–Kier alpha value is -2.48. The van der Waals surface area contributed by atoms with Gasteiger partial charge in [-0.2, -0.15) is 21.3 Å². The summed E-state index contributed by atoms with van der Waals surface area (Å²) < 4.78 is 32.6. The highest BCUT2D eigenvalue weighted by Gasteiger charge is 2.29. The van der Waals surface area contributed by atoms with Crippen molar-refractivity contribution in [2.45, 2.75) is 18.2 Å². The molecule has 160 valence electrons. The molecule has 2 aromatic rings. The lowest BCUT2D eigenvalue weighted by Gasteiger charge is -2.25. The standard InChI is InChI=1S/C20H24N4O4S2/c1-2-28-17-6-4-16(5-7-17)24(9-3-8-21)20(25)19-14-18(15-22-19)30(26,27)23-10-12-29-13-11-23/h4-7,14-15,22H,2-3,9-13H2,1H3. The van der Waals surface area contributed by atoms with Crippen molar-refractivity contribution in [2.75, 3.05) is 42.6 Å². The number of anilines is 1. The van der Waals surface area contributed by atoms with Crippen molar-refractivity contribution in [3.05, 3.63) is 42.2 Å². The first kappa shape index (κ1) is 22.2. The second kappa shape index (κ2) is 10.0. The van der Waals surface area contributed by atoms with Gasteiger partial charge >= 0.3 is 0 Å². The highest BCUT2D eigenvalue weighted by molar-refractivity contribution is 7.99. The first-order chi connectivity index (χ1) is 14.5. The van der Waals surface area contributed by atoms with Gasteiger partial charge in [-0.15, -0.1) is 0 Å². The van der Waals surface area contributed by atoms with E-state index in [9.17, 15) is 13.2 Å². The molecule has 1 saturated heterocycles. The quantitative estimate of drug-likeness (QED) is 0.665. The summed E-state index contributed by atoms with van der Waals surface area (Å²) in [6, 6.07) is 10.4. The maximum atomic E-state index is 13.1. The van der Waals surface area contributed by atoms with Crippen molar-refractivity contribution in [1.82, 2.24) is 9.29 Å². The number of nitrogens with zero attached hydrogens (tertiary/aromatic N) is 3. The lowest BCUT2D eigenvalue weighted by Crippen LogP contribution is -2.37. The predicted molar refractivity (Wildman–Crippen MR) is 116 cm³/mol. The minimum atomic E-state index is -3.64. The summed E-state index contributed by atoms with van der Waals surface area (Å²) >= 11 is 1.72. The van der Waals surface area contributed by atoms with Gasteiger partial charge in [-0.25, -0.2) is 8.42 Å². The third-order valence-electron chi connectivity index (χ3n) is 4.65. The maximum absolute atomic E-state index is 13.1. The van der Waals surface area contributed by atoms with Crippen molar-refractivity contribution in [1.29, 1.82) is 5.26 Å². The molecule has 1 aliphatic heterocycles. The van der Waals surface area contributed by atoms with E-state index < -0.39 is 15.9 Å². The molecule has 0 aliphatic carbocycles. The monoisotopic (exact) mass is 448 g/mol. The second-order valence-electron chi connectivity index (χ2n) is 6.56. The fourth-order valence-electron chi connectivity index (χ4n) is 3.13. The van der Waals surface area contributed by atoms with Crippen LogP contribution in [0.3, 0.4) is 0 Å². The van der Waals surface area contributed by atoms with E-state index in [1.54, 1.807) is 36.0 Å². The van der Waals surface area contributed by atoms with E-state index in [4.69, 9.17) is 10.00 Å². The molecular formula is C20H24N4O4S2. The number of thioether (sulfide) groups is 1. The van der Waals surface area contributed by atoms with Crippen LogP contribution >= 0.6 is 11.8 Å². The smallest absolute Gasteiger partial charge is 0.274 e. The number of carbonyl (C=O) groups excluding carboxylic acids is 1. The van der Waals surface area contributed by atoms with Crippen LogP contribution in [0.1, 0.15) is 23.8 Å². The molecule has 0 saturated carbocycles. The molecule has 0 unspecified atom stereocenters. The lowest BCUT2D eigenvalue weighted by molar-refractivity contribution is 0.0983. The SMILES string of the molecule is CCOc1ccc(N(CCC#N)C(=O)c2cc(S(=O)(=O)N3CCSCC3)c[nH]2)cc1. The van der Waals surface area contributed by atoms with Gasteiger partial charge in [0.1, 0.15) is 16.3 Å². The normalized spacial score (nSPS) is 14.8. The number of aromatic nitrogens is 1. The topological polar surface area (TPSA) is 106 Å². The Morgan fingerprint density at radius 3 is 2.63 bits per heavy atom. The zero-order valence-corrected chi connectivity index (χ0v) is 18.3. The van der Waals surface area contributed by atoms with Crippen molar-refractivity contribution in [3.63, 3.8) is 0 Å². The highest BCUT2D eigenvalue weighted by Crippen LogP contribution is 2.24. The molecule has 3 rings (SSSR count). The van der Waals surface area contributed by atoms with Gasteiger partial charge in [-0.05, 0) is 37.3 Å². The van der Waals surface area contributed by atoms with E-state index in [0.29, 0.717) is 31.1 Å². The summed E-state index contributed by atoms with van der Waals surface area (Å²) in [7, 11) is -3.64. The average Bonchev–Trinajstić information content (AvgIpc) is 3.27. The molecule has 1 fully saturated rings. The molecule has 1 aromatic carbocycles. The van der Waals surface area contributed by atoms with Gasteiger partial charge < -0.3 is 14.6 Å². The number of rotatable bonds is 8. The summed E-state index contributed by atoms with van der Waals surface area (Å²) in [5.41, 5.74) is 0.762. The Balaban J connectivity index is 1.84. The van der Waals surface area contributed by atoms with Gasteiger partial charge in [0.15, 0.2) is 0 Å². The van der Waals surface area contributed by atoms with Crippen molar-refractivity contribution in [3.8, 4) is 11.8 Å². The Kier molecular flexibility index (Phi) is 7.42. The number of hydrogen-bond acceptors (Lipinski definition) is 6. The molecule has 1 aliphatic rings. The maximum Gasteiger partial charge on any atom is 0.274 e. The number of ether oxygens (including phenoxy) is 1. The number of carbonyl (C=O) groups is 1. The molecule has 0 radical (unpaired) electrons. The molecule has 10 heteroatoms. The third-order valence-corrected chi connectivity index (χ3v) is 7.47. The van der Waals surface area contributed by atoms with E-state index in [-0.39, 0.29) is 23.6 Å². The van der Waals surface area contributed by atoms with Crippen LogP contribution in [0.5, 0.6) is 5.75 Å². The molecule has 30 heavy (non-hydrogen) atoms. The lowest BCUT2D eigenvalue weighted by atomic mass is 10.2. The summed E-state index contributed by atoms with van der Waals surface area (Å²) in [5, 5.41) is 8.98. The molecule has 8 nitrogen and oxygen atoms in total. The minimum absolute atomic E-state index is 0.0738. The van der Waals surface area contributed by atoms with Gasteiger partial charge in [0, 0.05) is 43.0 Å². The zero-order chi connectivity index (χ0) is 21.6. The number of H-pyrrole nitrogens is 1. The molecule has 0 spiro atoms.